The Bertz CT molecular complexity index is 819. The Kier molecular flexibility index (Phi) is 4.90. The average Bonchev–Trinajstić information content (AvgIpc) is 2.99. The number of amides is 1. The van der Waals surface area contributed by atoms with Crippen LogP contribution in [0.15, 0.2) is 10.7 Å². The number of ether oxygens (including phenoxy) is 1. The van der Waals surface area contributed by atoms with E-state index in [1.54, 1.807) is 0 Å². The number of fused-ring (bicyclic) bond motifs is 1. The van der Waals surface area contributed by atoms with Crippen LogP contribution >= 0.6 is 15.9 Å². The van der Waals surface area contributed by atoms with Crippen molar-refractivity contribution in [2.75, 3.05) is 18.0 Å². The Morgan fingerprint density at radius 3 is 2.65 bits per heavy atom. The third kappa shape index (κ3) is 3.95. The van der Waals surface area contributed by atoms with E-state index in [0.717, 1.165) is 52.8 Å². The number of hydrogen-bond acceptors (Lipinski definition) is 5. The Labute approximate surface area is 162 Å². The van der Waals surface area contributed by atoms with Gasteiger partial charge in [-0.25, -0.2) is 9.78 Å². The molecule has 1 aliphatic heterocycles. The van der Waals surface area contributed by atoms with Crippen LogP contribution in [0.25, 0.3) is 10.9 Å². The Morgan fingerprint density at radius 2 is 2.04 bits per heavy atom. The maximum atomic E-state index is 12.1. The molecule has 3 heterocycles. The van der Waals surface area contributed by atoms with Gasteiger partial charge >= 0.3 is 6.09 Å². The quantitative estimate of drug-likeness (QED) is 0.764. The van der Waals surface area contributed by atoms with Crippen LogP contribution in [0.5, 0.6) is 0 Å². The number of rotatable bonds is 2. The second-order valence-electron chi connectivity index (χ2n) is 8.17. The predicted octanol–water partition coefficient (Wildman–Crippen LogP) is 3.91. The Hall–Kier alpha value is -1.83. The van der Waals surface area contributed by atoms with Gasteiger partial charge < -0.3 is 15.0 Å². The van der Waals surface area contributed by atoms with E-state index in [-0.39, 0.29) is 11.6 Å². The van der Waals surface area contributed by atoms with E-state index in [1.165, 1.54) is 0 Å². The summed E-state index contributed by atoms with van der Waals surface area (Å²) in [6.45, 7) is 11.3. The summed E-state index contributed by atoms with van der Waals surface area (Å²) in [6.07, 6.45) is 3.10. The van der Waals surface area contributed by atoms with Crippen LogP contribution in [0.1, 0.15) is 46.2 Å². The molecule has 8 heteroatoms. The highest BCUT2D eigenvalue weighted by molar-refractivity contribution is 9.10. The van der Waals surface area contributed by atoms with Gasteiger partial charge in [0.25, 0.3) is 0 Å². The fraction of sp³-hybridized carbons (Fsp3) is 0.611. The van der Waals surface area contributed by atoms with E-state index in [2.05, 4.69) is 43.3 Å². The number of aromatic amines is 1. The minimum Gasteiger partial charge on any atom is -0.444 e. The van der Waals surface area contributed by atoms with Crippen molar-refractivity contribution in [3.8, 4) is 0 Å². The first-order valence-corrected chi connectivity index (χ1v) is 9.63. The molecule has 1 saturated heterocycles. The number of aryl methyl sites for hydroxylation is 1. The van der Waals surface area contributed by atoms with Crippen molar-refractivity contribution in [2.24, 2.45) is 0 Å². The van der Waals surface area contributed by atoms with Crippen LogP contribution in [0.3, 0.4) is 0 Å². The minimum atomic E-state index is -0.493. The molecule has 0 aliphatic carbocycles. The van der Waals surface area contributed by atoms with Gasteiger partial charge in [0.15, 0.2) is 0 Å². The van der Waals surface area contributed by atoms with Crippen LogP contribution in [0, 0.1) is 6.92 Å². The highest BCUT2D eigenvalue weighted by Gasteiger charge is 2.34. The molecule has 2 aromatic rings. The second-order valence-corrected chi connectivity index (χ2v) is 8.96. The normalized spacial score (nSPS) is 17.4. The van der Waals surface area contributed by atoms with Crippen molar-refractivity contribution < 1.29 is 9.53 Å². The van der Waals surface area contributed by atoms with Crippen molar-refractivity contribution in [1.29, 1.82) is 0 Å². The lowest BCUT2D eigenvalue weighted by atomic mass is 9.89. The van der Waals surface area contributed by atoms with E-state index < -0.39 is 5.60 Å². The van der Waals surface area contributed by atoms with Crippen molar-refractivity contribution in [2.45, 2.75) is 58.6 Å². The average molecular weight is 424 g/mol. The van der Waals surface area contributed by atoms with Crippen LogP contribution in [0.4, 0.5) is 10.6 Å². The van der Waals surface area contributed by atoms with Crippen molar-refractivity contribution in [1.82, 2.24) is 20.5 Å². The number of H-pyrrole nitrogens is 1. The molecule has 142 valence electrons. The molecule has 0 unspecified atom stereocenters. The highest BCUT2D eigenvalue weighted by Crippen LogP contribution is 2.34. The van der Waals surface area contributed by atoms with Crippen molar-refractivity contribution in [3.63, 3.8) is 0 Å². The number of nitrogens with zero attached hydrogens (tertiary/aromatic N) is 3. The van der Waals surface area contributed by atoms with E-state index in [4.69, 9.17) is 9.72 Å². The standard InChI is InChI=1S/C18H26BrN5O2/c1-11-13(19)14-12(10-20-23-14)15(21-11)24-8-6-18(5,7-9-24)22-16(25)26-17(2,3)4/h10H,6-9H2,1-5H3,(H,20,23)(H,22,25). The van der Waals surface area contributed by atoms with Gasteiger partial charge in [-0.3, -0.25) is 5.10 Å². The smallest absolute Gasteiger partial charge is 0.408 e. The number of halogens is 1. The largest absolute Gasteiger partial charge is 0.444 e. The predicted molar refractivity (Wildman–Crippen MR) is 106 cm³/mol. The molecule has 0 saturated carbocycles. The van der Waals surface area contributed by atoms with Gasteiger partial charge in [0.05, 0.1) is 27.3 Å². The summed E-state index contributed by atoms with van der Waals surface area (Å²) < 4.78 is 6.35. The summed E-state index contributed by atoms with van der Waals surface area (Å²) in [4.78, 5) is 19.1. The second kappa shape index (κ2) is 6.72. The highest BCUT2D eigenvalue weighted by atomic mass is 79.9. The van der Waals surface area contributed by atoms with Gasteiger partial charge in [-0.2, -0.15) is 5.10 Å². The van der Waals surface area contributed by atoms with Gasteiger partial charge in [0.2, 0.25) is 0 Å². The molecule has 26 heavy (non-hydrogen) atoms. The number of pyridine rings is 1. The van der Waals surface area contributed by atoms with Gasteiger partial charge in [0, 0.05) is 18.6 Å². The number of anilines is 1. The van der Waals surface area contributed by atoms with Gasteiger partial charge in [0.1, 0.15) is 11.4 Å². The van der Waals surface area contributed by atoms with E-state index in [9.17, 15) is 4.79 Å². The Balaban J connectivity index is 1.72. The zero-order valence-electron chi connectivity index (χ0n) is 15.9. The summed E-state index contributed by atoms with van der Waals surface area (Å²) in [5, 5.41) is 11.2. The minimum absolute atomic E-state index is 0.279. The lowest BCUT2D eigenvalue weighted by Crippen LogP contribution is -2.54. The summed E-state index contributed by atoms with van der Waals surface area (Å²) >= 11 is 3.57. The number of piperidine rings is 1. The molecule has 0 aromatic carbocycles. The molecule has 2 aromatic heterocycles. The van der Waals surface area contributed by atoms with E-state index in [0.29, 0.717) is 0 Å². The zero-order chi connectivity index (χ0) is 19.1. The maximum Gasteiger partial charge on any atom is 0.408 e. The van der Waals surface area contributed by atoms with Crippen LogP contribution in [0.2, 0.25) is 0 Å². The lowest BCUT2D eigenvalue weighted by molar-refractivity contribution is 0.0448. The van der Waals surface area contributed by atoms with Crippen molar-refractivity contribution in [3.05, 3.63) is 16.4 Å². The first-order chi connectivity index (χ1) is 12.1. The molecule has 7 nitrogen and oxygen atoms in total. The topological polar surface area (TPSA) is 83.1 Å². The van der Waals surface area contributed by atoms with Crippen LogP contribution < -0.4 is 10.2 Å². The van der Waals surface area contributed by atoms with Crippen molar-refractivity contribution >= 4 is 38.7 Å². The van der Waals surface area contributed by atoms with Crippen LogP contribution in [-0.4, -0.2) is 45.5 Å². The molecule has 2 N–H and O–H groups in total. The molecule has 1 fully saturated rings. The van der Waals surface area contributed by atoms with Crippen LogP contribution in [-0.2, 0) is 4.74 Å². The number of carbonyl (C=O) groups is 1. The molecule has 3 rings (SSSR count). The SMILES string of the molecule is Cc1nc(N2CCC(C)(NC(=O)OC(C)(C)C)CC2)c2cn[nH]c2c1Br. The zero-order valence-corrected chi connectivity index (χ0v) is 17.5. The number of aromatic nitrogens is 3. The lowest BCUT2D eigenvalue weighted by Gasteiger charge is -2.40. The number of carbonyl (C=O) groups excluding carboxylic acids is 1. The van der Waals surface area contributed by atoms with Gasteiger partial charge in [-0.15, -0.1) is 0 Å². The summed E-state index contributed by atoms with van der Waals surface area (Å²) in [6, 6.07) is 0. The molecular formula is C18H26BrN5O2. The fourth-order valence-electron chi connectivity index (χ4n) is 3.20. The van der Waals surface area contributed by atoms with E-state index in [1.807, 2.05) is 33.9 Å². The molecule has 0 atom stereocenters. The number of hydrogen-bond donors (Lipinski definition) is 2. The Morgan fingerprint density at radius 1 is 1.38 bits per heavy atom. The summed E-state index contributed by atoms with van der Waals surface area (Å²) in [7, 11) is 0. The molecule has 0 spiro atoms. The molecule has 0 bridgehead atoms. The molecule has 1 amide bonds. The fourth-order valence-corrected chi connectivity index (χ4v) is 3.59. The summed E-state index contributed by atoms with van der Waals surface area (Å²) in [5.41, 5.74) is 1.12. The monoisotopic (exact) mass is 423 g/mol. The molecule has 0 radical (unpaired) electrons. The van der Waals surface area contributed by atoms with E-state index >= 15 is 0 Å². The molecular weight excluding hydrogens is 398 g/mol. The molecule has 1 aliphatic rings. The first kappa shape index (κ1) is 18.9. The number of alkyl carbamates (subject to hydrolysis) is 1. The third-order valence-corrected chi connectivity index (χ3v) is 5.63. The maximum absolute atomic E-state index is 12.1. The van der Waals surface area contributed by atoms with Gasteiger partial charge in [-0.05, 0) is 63.4 Å². The van der Waals surface area contributed by atoms with Gasteiger partial charge in [-0.1, -0.05) is 0 Å². The third-order valence-electron chi connectivity index (χ3n) is 4.66. The first-order valence-electron chi connectivity index (χ1n) is 8.83. The number of nitrogens with one attached hydrogen (secondary N) is 2. The summed E-state index contributed by atoms with van der Waals surface area (Å²) in [5.74, 6) is 0.939.